The molecule has 2 aliphatic heterocycles. The lowest BCUT2D eigenvalue weighted by Gasteiger charge is -2.25. The molecule has 2 amide bonds. The van der Waals surface area contributed by atoms with Gasteiger partial charge in [-0.15, -0.1) is 11.3 Å². The van der Waals surface area contributed by atoms with Crippen molar-refractivity contribution in [3.8, 4) is 0 Å². The molecule has 158 valence electrons. The molecule has 30 heavy (non-hydrogen) atoms. The van der Waals surface area contributed by atoms with Crippen molar-refractivity contribution in [3.63, 3.8) is 0 Å². The van der Waals surface area contributed by atoms with Crippen molar-refractivity contribution in [2.45, 2.75) is 57.7 Å². The van der Waals surface area contributed by atoms with Gasteiger partial charge in [-0.1, -0.05) is 43.2 Å². The Morgan fingerprint density at radius 1 is 1.20 bits per heavy atom. The summed E-state index contributed by atoms with van der Waals surface area (Å²) in [6.45, 7) is 3.34. The molecule has 1 atom stereocenters. The number of fused-ring (bicyclic) bond motifs is 1. The van der Waals surface area contributed by atoms with Crippen LogP contribution in [0, 0.1) is 5.92 Å². The maximum atomic E-state index is 12.8. The molecule has 1 aromatic carbocycles. The number of thiazole rings is 1. The summed E-state index contributed by atoms with van der Waals surface area (Å²) in [4.78, 5) is 35.5. The van der Waals surface area contributed by atoms with Gasteiger partial charge in [0.2, 0.25) is 11.8 Å². The van der Waals surface area contributed by atoms with Crippen LogP contribution in [0.4, 0.5) is 5.13 Å². The van der Waals surface area contributed by atoms with E-state index in [-0.39, 0.29) is 17.7 Å². The summed E-state index contributed by atoms with van der Waals surface area (Å²) in [7, 11) is 0. The fourth-order valence-electron chi connectivity index (χ4n) is 4.96. The van der Waals surface area contributed by atoms with E-state index < -0.39 is 0 Å². The third-order valence-corrected chi connectivity index (χ3v) is 7.58. The van der Waals surface area contributed by atoms with Gasteiger partial charge in [0.1, 0.15) is 0 Å². The molecular weight excluding hydrogens is 396 g/mol. The van der Waals surface area contributed by atoms with Gasteiger partial charge >= 0.3 is 0 Å². The molecular formula is C23H28N4O2S. The molecule has 2 fully saturated rings. The molecule has 5 rings (SSSR count). The Morgan fingerprint density at radius 2 is 2.00 bits per heavy atom. The average Bonchev–Trinajstić information content (AvgIpc) is 3.47. The normalized spacial score (nSPS) is 22.5. The van der Waals surface area contributed by atoms with E-state index in [4.69, 9.17) is 0 Å². The van der Waals surface area contributed by atoms with Gasteiger partial charge in [0, 0.05) is 49.9 Å². The van der Waals surface area contributed by atoms with Crippen LogP contribution in [0.5, 0.6) is 0 Å². The summed E-state index contributed by atoms with van der Waals surface area (Å²) in [5.41, 5.74) is 2.42. The molecule has 6 nitrogen and oxygen atoms in total. The number of aromatic nitrogens is 1. The van der Waals surface area contributed by atoms with E-state index in [2.05, 4.69) is 39.5 Å². The summed E-state index contributed by atoms with van der Waals surface area (Å²) in [6, 6.07) is 10.9. The Morgan fingerprint density at radius 3 is 2.80 bits per heavy atom. The number of benzene rings is 1. The van der Waals surface area contributed by atoms with Gasteiger partial charge in [-0.25, -0.2) is 4.98 Å². The predicted molar refractivity (Wildman–Crippen MR) is 117 cm³/mol. The van der Waals surface area contributed by atoms with Gasteiger partial charge in [-0.3, -0.25) is 14.5 Å². The Balaban J connectivity index is 1.19. The third-order valence-electron chi connectivity index (χ3n) is 6.58. The third kappa shape index (κ3) is 4.14. The number of amides is 2. The van der Waals surface area contributed by atoms with E-state index in [1.54, 1.807) is 11.3 Å². The van der Waals surface area contributed by atoms with Crippen LogP contribution in [0.3, 0.4) is 0 Å². The Hall–Kier alpha value is -2.25. The second-order valence-corrected chi connectivity index (χ2v) is 9.79. The van der Waals surface area contributed by atoms with Gasteiger partial charge in [0.05, 0.1) is 11.6 Å². The van der Waals surface area contributed by atoms with Crippen LogP contribution in [-0.4, -0.2) is 45.7 Å². The summed E-state index contributed by atoms with van der Waals surface area (Å²) in [6.07, 6.45) is 5.79. The number of likely N-dealkylation sites (tertiary alicyclic amines) is 1. The van der Waals surface area contributed by atoms with Gasteiger partial charge in [0.25, 0.3) is 0 Å². The van der Waals surface area contributed by atoms with Crippen LogP contribution in [0.15, 0.2) is 30.3 Å². The molecule has 3 aliphatic rings. The van der Waals surface area contributed by atoms with E-state index in [1.165, 1.54) is 23.3 Å². The standard InChI is InChI=1S/C23H28N4O2S/c28-21-12-17(14-27(21)18-8-4-5-9-18)22(29)25-23-24-19-10-11-26(15-20(19)30-23)13-16-6-2-1-3-7-16/h1-3,6-7,17-18H,4-5,8-15H2,(H,24,25,29)/t17-/m1/s1. The summed E-state index contributed by atoms with van der Waals surface area (Å²) in [5, 5.41) is 3.69. The maximum Gasteiger partial charge on any atom is 0.231 e. The molecule has 0 bridgehead atoms. The monoisotopic (exact) mass is 424 g/mol. The van der Waals surface area contributed by atoms with Gasteiger partial charge in [-0.05, 0) is 18.4 Å². The lowest BCUT2D eigenvalue weighted by atomic mass is 10.1. The number of anilines is 1. The minimum absolute atomic E-state index is 0.0592. The maximum absolute atomic E-state index is 12.8. The molecule has 3 heterocycles. The van der Waals surface area contributed by atoms with Crippen molar-refractivity contribution >= 4 is 28.3 Å². The van der Waals surface area contributed by atoms with E-state index in [0.29, 0.717) is 24.1 Å². The van der Waals surface area contributed by atoms with Crippen LogP contribution >= 0.6 is 11.3 Å². The fraction of sp³-hybridized carbons (Fsp3) is 0.522. The molecule has 2 aromatic rings. The van der Waals surface area contributed by atoms with Crippen LogP contribution in [0.25, 0.3) is 0 Å². The first-order valence-corrected chi connectivity index (χ1v) is 11.8. The second kappa shape index (κ2) is 8.47. The number of hydrogen-bond donors (Lipinski definition) is 1. The molecule has 0 radical (unpaired) electrons. The fourth-order valence-corrected chi connectivity index (χ4v) is 6.02. The van der Waals surface area contributed by atoms with Crippen molar-refractivity contribution in [2.75, 3.05) is 18.4 Å². The summed E-state index contributed by atoms with van der Waals surface area (Å²) in [5.74, 6) is -0.179. The van der Waals surface area contributed by atoms with Crippen LogP contribution in [0.1, 0.15) is 48.2 Å². The number of hydrogen-bond acceptors (Lipinski definition) is 5. The highest BCUT2D eigenvalue weighted by Crippen LogP contribution is 2.32. The molecule has 0 unspecified atom stereocenters. The Bertz CT molecular complexity index is 923. The smallest absolute Gasteiger partial charge is 0.231 e. The minimum Gasteiger partial charge on any atom is -0.339 e. The summed E-state index contributed by atoms with van der Waals surface area (Å²) < 4.78 is 0. The highest BCUT2D eigenvalue weighted by molar-refractivity contribution is 7.15. The SMILES string of the molecule is O=C(Nc1nc2c(s1)CN(Cc1ccccc1)CC2)[C@@H]1CC(=O)N(C2CCCC2)C1. The van der Waals surface area contributed by atoms with Crippen LogP contribution in [0.2, 0.25) is 0 Å². The molecule has 1 saturated carbocycles. The molecule has 0 spiro atoms. The quantitative estimate of drug-likeness (QED) is 0.799. The van der Waals surface area contributed by atoms with Crippen molar-refractivity contribution in [3.05, 3.63) is 46.5 Å². The summed E-state index contributed by atoms with van der Waals surface area (Å²) >= 11 is 1.58. The number of carbonyl (C=O) groups excluding carboxylic acids is 2. The van der Waals surface area contributed by atoms with Gasteiger partial charge in [0.15, 0.2) is 5.13 Å². The highest BCUT2D eigenvalue weighted by atomic mass is 32.1. The zero-order valence-electron chi connectivity index (χ0n) is 17.2. The second-order valence-electron chi connectivity index (χ2n) is 8.71. The van der Waals surface area contributed by atoms with Crippen LogP contribution < -0.4 is 5.32 Å². The average molecular weight is 425 g/mol. The zero-order chi connectivity index (χ0) is 20.5. The van der Waals surface area contributed by atoms with E-state index in [9.17, 15) is 9.59 Å². The molecule has 1 aromatic heterocycles. The predicted octanol–water partition coefficient (Wildman–Crippen LogP) is 3.43. The van der Waals surface area contributed by atoms with Crippen molar-refractivity contribution in [2.24, 2.45) is 5.92 Å². The molecule has 1 saturated heterocycles. The number of rotatable bonds is 5. The molecule has 1 aliphatic carbocycles. The Kier molecular flexibility index (Phi) is 5.56. The molecule has 1 N–H and O–H groups in total. The lowest BCUT2D eigenvalue weighted by Crippen LogP contribution is -2.35. The molecule has 7 heteroatoms. The van der Waals surface area contributed by atoms with E-state index in [1.807, 2.05) is 11.0 Å². The minimum atomic E-state index is -0.256. The van der Waals surface area contributed by atoms with E-state index >= 15 is 0 Å². The van der Waals surface area contributed by atoms with Crippen molar-refractivity contribution in [1.82, 2.24) is 14.8 Å². The zero-order valence-corrected chi connectivity index (χ0v) is 18.0. The van der Waals surface area contributed by atoms with Gasteiger partial charge < -0.3 is 10.2 Å². The van der Waals surface area contributed by atoms with E-state index in [0.717, 1.165) is 44.6 Å². The Labute approximate surface area is 181 Å². The van der Waals surface area contributed by atoms with Crippen molar-refractivity contribution < 1.29 is 9.59 Å². The van der Waals surface area contributed by atoms with Crippen LogP contribution in [-0.2, 0) is 29.1 Å². The van der Waals surface area contributed by atoms with Crippen molar-refractivity contribution in [1.29, 1.82) is 0 Å². The number of carbonyl (C=O) groups is 2. The largest absolute Gasteiger partial charge is 0.339 e. The topological polar surface area (TPSA) is 65.5 Å². The first-order valence-electron chi connectivity index (χ1n) is 11.0. The highest BCUT2D eigenvalue weighted by Gasteiger charge is 2.39. The lowest BCUT2D eigenvalue weighted by molar-refractivity contribution is -0.129. The van der Waals surface area contributed by atoms with Gasteiger partial charge in [-0.2, -0.15) is 0 Å². The first-order chi connectivity index (χ1) is 14.7. The first kappa shape index (κ1) is 19.7. The number of nitrogens with one attached hydrogen (secondary N) is 1. The number of nitrogens with zero attached hydrogens (tertiary/aromatic N) is 3.